The fraction of sp³-hybridized carbons (Fsp3) is 0.550. The van der Waals surface area contributed by atoms with Gasteiger partial charge in [0.05, 0.1) is 4.90 Å². The zero-order valence-electron chi connectivity index (χ0n) is 15.2. The van der Waals surface area contributed by atoms with Crippen LogP contribution in [0, 0.1) is 0 Å². The van der Waals surface area contributed by atoms with Gasteiger partial charge in [0, 0.05) is 19.1 Å². The third-order valence-corrected chi connectivity index (χ3v) is 7.39. The number of amides is 1. The van der Waals surface area contributed by atoms with E-state index in [1.54, 1.807) is 12.1 Å². The molecule has 0 spiro atoms. The molecule has 1 aliphatic carbocycles. The Balaban J connectivity index is 1.70. The second kappa shape index (κ2) is 8.35. The van der Waals surface area contributed by atoms with E-state index in [9.17, 15) is 13.2 Å². The van der Waals surface area contributed by atoms with Crippen LogP contribution in [0.3, 0.4) is 0 Å². The molecule has 2 aliphatic rings. The summed E-state index contributed by atoms with van der Waals surface area (Å²) in [6.07, 6.45) is 8.96. The fourth-order valence-electron chi connectivity index (χ4n) is 4.04. The Morgan fingerprint density at radius 2 is 1.77 bits per heavy atom. The lowest BCUT2D eigenvalue weighted by molar-refractivity contribution is -0.117. The van der Waals surface area contributed by atoms with Crippen LogP contribution in [0.2, 0.25) is 0 Å². The molecule has 1 atom stereocenters. The van der Waals surface area contributed by atoms with E-state index in [0.29, 0.717) is 23.9 Å². The first-order valence-corrected chi connectivity index (χ1v) is 11.0. The summed E-state index contributed by atoms with van der Waals surface area (Å²) >= 11 is 0. The second-order valence-corrected chi connectivity index (χ2v) is 9.26. The molecule has 1 aromatic rings. The molecule has 1 saturated carbocycles. The van der Waals surface area contributed by atoms with Gasteiger partial charge in [0.1, 0.15) is 0 Å². The van der Waals surface area contributed by atoms with Gasteiger partial charge < -0.3 is 5.32 Å². The van der Waals surface area contributed by atoms with Crippen molar-refractivity contribution in [2.24, 2.45) is 0 Å². The van der Waals surface area contributed by atoms with Crippen molar-refractivity contribution in [1.29, 1.82) is 0 Å². The highest BCUT2D eigenvalue weighted by Gasteiger charge is 2.30. The van der Waals surface area contributed by atoms with Gasteiger partial charge in [-0.15, -0.1) is 0 Å². The lowest BCUT2D eigenvalue weighted by Crippen LogP contribution is -2.49. The molecule has 1 heterocycles. The number of nitrogens with one attached hydrogen (secondary N) is 1. The van der Waals surface area contributed by atoms with E-state index in [-0.39, 0.29) is 11.9 Å². The lowest BCUT2D eigenvalue weighted by Gasteiger charge is -2.32. The highest BCUT2D eigenvalue weighted by molar-refractivity contribution is 7.89. The van der Waals surface area contributed by atoms with Gasteiger partial charge in [-0.3, -0.25) is 4.79 Å². The molecule has 1 saturated heterocycles. The third-order valence-electron chi connectivity index (χ3n) is 5.51. The summed E-state index contributed by atoms with van der Waals surface area (Å²) < 4.78 is 27.4. The molecule has 1 aromatic carbocycles. The number of carbonyl (C=O) groups excluding carboxylic acids is 1. The minimum absolute atomic E-state index is 0.162. The number of hydrogen-bond acceptors (Lipinski definition) is 3. The largest absolute Gasteiger partial charge is 0.349 e. The van der Waals surface area contributed by atoms with Crippen LogP contribution in [-0.4, -0.2) is 37.8 Å². The van der Waals surface area contributed by atoms with Crippen molar-refractivity contribution in [2.45, 2.75) is 61.8 Å². The molecule has 2 fully saturated rings. The van der Waals surface area contributed by atoms with Gasteiger partial charge in [-0.2, -0.15) is 4.31 Å². The Morgan fingerprint density at radius 1 is 1.08 bits per heavy atom. The molecule has 1 aliphatic heterocycles. The molecule has 0 bridgehead atoms. The van der Waals surface area contributed by atoms with Crippen LogP contribution < -0.4 is 5.32 Å². The summed E-state index contributed by atoms with van der Waals surface area (Å²) in [7, 11) is -3.53. The van der Waals surface area contributed by atoms with Crippen LogP contribution in [0.15, 0.2) is 41.8 Å². The van der Waals surface area contributed by atoms with Gasteiger partial charge in [-0.25, -0.2) is 8.42 Å². The normalized spacial score (nSPS) is 22.7. The van der Waals surface area contributed by atoms with Crippen molar-refractivity contribution >= 4 is 15.9 Å². The number of nitrogens with zero attached hydrogens (tertiary/aromatic N) is 1. The van der Waals surface area contributed by atoms with E-state index in [1.165, 1.54) is 48.0 Å². The van der Waals surface area contributed by atoms with Crippen LogP contribution >= 0.6 is 0 Å². The first-order chi connectivity index (χ1) is 12.5. The molecule has 1 amide bonds. The quantitative estimate of drug-likeness (QED) is 0.803. The van der Waals surface area contributed by atoms with Crippen molar-refractivity contribution in [3.63, 3.8) is 0 Å². The molecule has 5 nitrogen and oxygen atoms in total. The monoisotopic (exact) mass is 376 g/mol. The molecule has 6 heteroatoms. The Bertz CT molecular complexity index is 737. The molecule has 3 rings (SSSR count). The van der Waals surface area contributed by atoms with E-state index in [0.717, 1.165) is 12.8 Å². The van der Waals surface area contributed by atoms with Crippen LogP contribution in [-0.2, 0) is 14.8 Å². The van der Waals surface area contributed by atoms with Crippen molar-refractivity contribution in [3.8, 4) is 0 Å². The standard InChI is InChI=1S/C20H28N2O3S/c1-2-20(23)21-18-9-6-14-22(15-18)26(24,25)19-12-10-17(11-13-19)16-7-4-3-5-8-16/h2,10-13,16,18H,1,3-9,14-15H2,(H,21,23)/t18-/m0/s1. The predicted molar refractivity (Wildman–Crippen MR) is 102 cm³/mol. The van der Waals surface area contributed by atoms with Crippen molar-refractivity contribution in [2.75, 3.05) is 13.1 Å². The minimum Gasteiger partial charge on any atom is -0.349 e. The molecule has 26 heavy (non-hydrogen) atoms. The van der Waals surface area contributed by atoms with E-state index in [1.807, 2.05) is 12.1 Å². The molecule has 1 N–H and O–H groups in total. The van der Waals surface area contributed by atoms with Gasteiger partial charge in [0.2, 0.25) is 15.9 Å². The Labute approximate surface area is 156 Å². The zero-order chi connectivity index (χ0) is 18.6. The third kappa shape index (κ3) is 4.35. The number of benzene rings is 1. The van der Waals surface area contributed by atoms with Crippen molar-refractivity contribution in [3.05, 3.63) is 42.5 Å². The summed E-state index contributed by atoms with van der Waals surface area (Å²) in [4.78, 5) is 11.8. The van der Waals surface area contributed by atoms with Crippen molar-refractivity contribution < 1.29 is 13.2 Å². The smallest absolute Gasteiger partial charge is 0.243 e. The molecule has 0 unspecified atom stereocenters. The van der Waals surface area contributed by atoms with E-state index in [2.05, 4.69) is 11.9 Å². The van der Waals surface area contributed by atoms with Crippen LogP contribution in [0.1, 0.15) is 56.4 Å². The van der Waals surface area contributed by atoms with E-state index < -0.39 is 10.0 Å². The number of piperidine rings is 1. The van der Waals surface area contributed by atoms with Gasteiger partial charge in [-0.05, 0) is 55.4 Å². The van der Waals surface area contributed by atoms with Gasteiger partial charge in [-0.1, -0.05) is 38.0 Å². The van der Waals surface area contributed by atoms with E-state index in [4.69, 9.17) is 0 Å². The van der Waals surface area contributed by atoms with Gasteiger partial charge in [0.25, 0.3) is 0 Å². The first kappa shape index (κ1) is 19.1. The number of carbonyl (C=O) groups is 1. The maximum atomic E-state index is 13.0. The molecular formula is C20H28N2O3S. The predicted octanol–water partition coefficient (Wildman–Crippen LogP) is 3.19. The molecular weight excluding hydrogens is 348 g/mol. The summed E-state index contributed by atoms with van der Waals surface area (Å²) in [5, 5.41) is 2.81. The van der Waals surface area contributed by atoms with Gasteiger partial charge >= 0.3 is 0 Å². The zero-order valence-corrected chi connectivity index (χ0v) is 16.0. The Morgan fingerprint density at radius 3 is 2.42 bits per heavy atom. The van der Waals surface area contributed by atoms with E-state index >= 15 is 0 Å². The lowest BCUT2D eigenvalue weighted by atomic mass is 9.84. The molecule has 0 aromatic heterocycles. The van der Waals surface area contributed by atoms with Gasteiger partial charge in [0.15, 0.2) is 0 Å². The summed E-state index contributed by atoms with van der Waals surface area (Å²) in [6, 6.07) is 7.27. The maximum Gasteiger partial charge on any atom is 0.243 e. The molecule has 142 valence electrons. The number of sulfonamides is 1. The second-order valence-electron chi connectivity index (χ2n) is 7.32. The summed E-state index contributed by atoms with van der Waals surface area (Å²) in [5.41, 5.74) is 1.25. The fourth-order valence-corrected chi connectivity index (χ4v) is 5.56. The summed E-state index contributed by atoms with van der Waals surface area (Å²) in [6.45, 7) is 4.25. The summed E-state index contributed by atoms with van der Waals surface area (Å²) in [5.74, 6) is 0.306. The highest BCUT2D eigenvalue weighted by Crippen LogP contribution is 2.33. The number of rotatable bonds is 5. The van der Waals surface area contributed by atoms with Crippen LogP contribution in [0.5, 0.6) is 0 Å². The minimum atomic E-state index is -3.53. The molecule has 0 radical (unpaired) electrons. The Hall–Kier alpha value is -1.66. The van der Waals surface area contributed by atoms with Crippen molar-refractivity contribution in [1.82, 2.24) is 9.62 Å². The number of hydrogen-bond donors (Lipinski definition) is 1. The first-order valence-electron chi connectivity index (χ1n) is 9.54. The van der Waals surface area contributed by atoms with Crippen LogP contribution in [0.4, 0.5) is 0 Å². The Kier molecular flexibility index (Phi) is 6.14. The SMILES string of the molecule is C=CC(=O)N[C@H]1CCCN(S(=O)(=O)c2ccc(C3CCCCC3)cc2)C1. The topological polar surface area (TPSA) is 66.5 Å². The highest BCUT2D eigenvalue weighted by atomic mass is 32.2. The average molecular weight is 377 g/mol. The maximum absolute atomic E-state index is 13.0. The van der Waals surface area contributed by atoms with Crippen LogP contribution in [0.25, 0.3) is 0 Å². The average Bonchev–Trinajstić information content (AvgIpc) is 2.69.